The lowest BCUT2D eigenvalue weighted by atomic mass is 10.0. The van der Waals surface area contributed by atoms with Gasteiger partial charge in [0, 0.05) is 25.7 Å². The summed E-state index contributed by atoms with van der Waals surface area (Å²) in [5, 5.41) is 10.7. The van der Waals surface area contributed by atoms with Gasteiger partial charge in [-0.3, -0.25) is 37.3 Å². The van der Waals surface area contributed by atoms with Crippen LogP contribution < -0.4 is 0 Å². The Morgan fingerprint density at radius 3 is 0.618 bits per heavy atom. The molecule has 5 atom stereocenters. The first-order valence-electron chi connectivity index (χ1n) is 47.0. The smallest absolute Gasteiger partial charge is 0.462 e. The van der Waals surface area contributed by atoms with E-state index >= 15 is 0 Å². The average Bonchev–Trinajstić information content (AvgIpc) is 0.898. The number of carbonyl (C=O) groups is 4. The molecule has 0 spiro atoms. The van der Waals surface area contributed by atoms with Gasteiger partial charge in [0.2, 0.25) is 0 Å². The first-order valence-corrected chi connectivity index (χ1v) is 50.0. The highest BCUT2D eigenvalue weighted by Crippen LogP contribution is 2.45. The van der Waals surface area contributed by atoms with Crippen molar-refractivity contribution in [3.63, 3.8) is 0 Å². The maximum absolute atomic E-state index is 13.2. The molecule has 0 radical (unpaired) electrons. The molecule has 110 heavy (non-hydrogen) atoms. The number of aliphatic hydroxyl groups is 1. The second-order valence-electron chi connectivity index (χ2n) is 33.6. The molecular weight excluding hydrogens is 1430 g/mol. The zero-order valence-corrected chi connectivity index (χ0v) is 74.4. The van der Waals surface area contributed by atoms with Crippen LogP contribution in [0.5, 0.6) is 0 Å². The molecule has 0 saturated carbocycles. The van der Waals surface area contributed by atoms with Gasteiger partial charge in [0.05, 0.1) is 26.4 Å². The van der Waals surface area contributed by atoms with Crippen molar-refractivity contribution in [3.8, 4) is 0 Å². The minimum Gasteiger partial charge on any atom is -0.462 e. The second-order valence-corrected chi connectivity index (χ2v) is 36.6. The van der Waals surface area contributed by atoms with E-state index in [-0.39, 0.29) is 25.7 Å². The van der Waals surface area contributed by atoms with Crippen LogP contribution in [-0.2, 0) is 65.4 Å². The molecule has 2 unspecified atom stereocenters. The van der Waals surface area contributed by atoms with Crippen molar-refractivity contribution < 1.29 is 80.2 Å². The minimum absolute atomic E-state index is 0.108. The monoisotopic (exact) mass is 1610 g/mol. The number of phosphoric acid groups is 2. The molecule has 17 nitrogen and oxygen atoms in total. The van der Waals surface area contributed by atoms with Crippen LogP contribution in [-0.4, -0.2) is 96.7 Å². The topological polar surface area (TPSA) is 237 Å². The SMILES string of the molecule is CCCCCCCCCCCCCCCCCCCCCCCC(=O)OC[C@H](COP(=O)(O)OC[C@@H](O)COP(=O)(O)OC[C@@H](COC(=O)CCCCCCCCCCC)OC(=O)CCCCCCCCCCCCCCCCCCC(C)C)OC(=O)CCCCCCCCCCCCCCCCCCCCC(C)C. The standard InChI is InChI=1S/C91H178O17P2/c1-7-9-11-13-15-17-18-19-20-21-22-23-24-28-34-39-44-50-56-62-68-74-89(94)102-80-87(108-91(96)76-69-63-57-51-45-40-35-29-26-25-27-32-37-42-48-53-59-65-71-83(3)4)82-106-110(99,100)104-78-85(92)77-103-109(97,98)105-81-86(79-101-88(93)73-67-61-55-47-16-14-12-10-8-2)107-90(95)75-70-64-58-52-46-41-36-31-30-33-38-43-49-54-60-66-72-84(5)6/h83-87,92H,7-82H2,1-6H3,(H,97,98)(H,99,100)/t85-,86+,87+/m0/s1. The first-order chi connectivity index (χ1) is 53.4. The van der Waals surface area contributed by atoms with Gasteiger partial charge >= 0.3 is 39.5 Å². The molecule has 654 valence electrons. The number of esters is 4. The summed E-state index contributed by atoms with van der Waals surface area (Å²) in [7, 11) is -9.93. The highest BCUT2D eigenvalue weighted by atomic mass is 31.2. The highest BCUT2D eigenvalue weighted by Gasteiger charge is 2.31. The number of ether oxygens (including phenoxy) is 4. The van der Waals surface area contributed by atoms with Crippen LogP contribution in [0.3, 0.4) is 0 Å². The van der Waals surface area contributed by atoms with Gasteiger partial charge in [0.15, 0.2) is 12.2 Å². The van der Waals surface area contributed by atoms with Crippen molar-refractivity contribution in [2.75, 3.05) is 39.6 Å². The molecule has 0 aromatic heterocycles. The molecule has 0 heterocycles. The summed E-state index contributed by atoms with van der Waals surface area (Å²) in [6, 6.07) is 0. The molecule has 0 aliphatic carbocycles. The van der Waals surface area contributed by atoms with E-state index in [1.54, 1.807) is 0 Å². The Balaban J connectivity index is 5.19. The van der Waals surface area contributed by atoms with Crippen LogP contribution in [0.25, 0.3) is 0 Å². The predicted octanol–water partition coefficient (Wildman–Crippen LogP) is 28.2. The Bertz CT molecular complexity index is 2100. The number of aliphatic hydroxyl groups excluding tert-OH is 1. The molecule has 0 fully saturated rings. The van der Waals surface area contributed by atoms with Crippen LogP contribution >= 0.6 is 15.6 Å². The lowest BCUT2D eigenvalue weighted by Gasteiger charge is -2.21. The van der Waals surface area contributed by atoms with Gasteiger partial charge in [-0.15, -0.1) is 0 Å². The van der Waals surface area contributed by atoms with Crippen LogP contribution in [0.15, 0.2) is 0 Å². The normalized spacial score (nSPS) is 13.7. The molecule has 19 heteroatoms. The summed E-state index contributed by atoms with van der Waals surface area (Å²) >= 11 is 0. The molecular formula is C91H178O17P2. The fourth-order valence-corrected chi connectivity index (χ4v) is 15.9. The molecule has 0 aromatic rings. The summed E-state index contributed by atoms with van der Waals surface area (Å²) in [4.78, 5) is 73.3. The lowest BCUT2D eigenvalue weighted by molar-refractivity contribution is -0.161. The van der Waals surface area contributed by atoms with Gasteiger partial charge in [0.25, 0.3) is 0 Å². The van der Waals surface area contributed by atoms with E-state index in [2.05, 4.69) is 41.5 Å². The number of carbonyl (C=O) groups excluding carboxylic acids is 4. The minimum atomic E-state index is -4.97. The van der Waals surface area contributed by atoms with Crippen LogP contribution in [0.4, 0.5) is 0 Å². The zero-order chi connectivity index (χ0) is 80.6. The van der Waals surface area contributed by atoms with E-state index in [9.17, 15) is 43.2 Å². The van der Waals surface area contributed by atoms with Crippen molar-refractivity contribution in [2.24, 2.45) is 11.8 Å². The van der Waals surface area contributed by atoms with E-state index in [4.69, 9.17) is 37.0 Å². The van der Waals surface area contributed by atoms with E-state index in [0.717, 1.165) is 102 Å². The molecule has 3 N–H and O–H groups in total. The molecule has 0 aromatic carbocycles. The van der Waals surface area contributed by atoms with Crippen LogP contribution in [0.1, 0.15) is 491 Å². The summed E-state index contributed by atoms with van der Waals surface area (Å²) in [5.41, 5.74) is 0. The van der Waals surface area contributed by atoms with E-state index in [1.165, 1.54) is 308 Å². The van der Waals surface area contributed by atoms with Crippen molar-refractivity contribution in [1.29, 1.82) is 0 Å². The van der Waals surface area contributed by atoms with E-state index < -0.39 is 97.5 Å². The van der Waals surface area contributed by atoms with Gasteiger partial charge in [0.1, 0.15) is 19.3 Å². The van der Waals surface area contributed by atoms with Gasteiger partial charge in [-0.1, -0.05) is 440 Å². The summed E-state index contributed by atoms with van der Waals surface area (Å²) in [6.45, 7) is 9.75. The van der Waals surface area contributed by atoms with Crippen molar-refractivity contribution in [3.05, 3.63) is 0 Å². The third-order valence-electron chi connectivity index (χ3n) is 21.5. The van der Waals surface area contributed by atoms with Crippen molar-refractivity contribution in [1.82, 2.24) is 0 Å². The van der Waals surface area contributed by atoms with Crippen LogP contribution in [0.2, 0.25) is 0 Å². The van der Waals surface area contributed by atoms with E-state index in [0.29, 0.717) is 25.7 Å². The molecule has 0 aliphatic rings. The fraction of sp³-hybridized carbons (Fsp3) is 0.956. The quantitative estimate of drug-likeness (QED) is 0.0222. The van der Waals surface area contributed by atoms with Crippen molar-refractivity contribution in [2.45, 2.75) is 509 Å². The van der Waals surface area contributed by atoms with Gasteiger partial charge < -0.3 is 33.8 Å². The maximum atomic E-state index is 13.2. The lowest BCUT2D eigenvalue weighted by Crippen LogP contribution is -2.30. The molecule has 0 rings (SSSR count). The summed E-state index contributed by atoms with van der Waals surface area (Å²) < 4.78 is 69.0. The molecule has 0 amide bonds. The zero-order valence-electron chi connectivity index (χ0n) is 72.6. The summed E-state index contributed by atoms with van der Waals surface area (Å²) in [6.07, 6.45) is 76.6. The van der Waals surface area contributed by atoms with E-state index in [1.807, 2.05) is 0 Å². The Labute approximate surface area is 677 Å². The average molecular weight is 1610 g/mol. The second kappa shape index (κ2) is 82.2. The number of rotatable bonds is 90. The first kappa shape index (κ1) is 108. The Morgan fingerprint density at radius 1 is 0.245 bits per heavy atom. The van der Waals surface area contributed by atoms with Crippen LogP contribution in [0, 0.1) is 11.8 Å². The number of hydrogen-bond donors (Lipinski definition) is 3. The number of hydrogen-bond acceptors (Lipinski definition) is 15. The largest absolute Gasteiger partial charge is 0.472 e. The third kappa shape index (κ3) is 84.0. The van der Waals surface area contributed by atoms with Crippen molar-refractivity contribution >= 4 is 39.5 Å². The third-order valence-corrected chi connectivity index (χ3v) is 23.4. The Morgan fingerprint density at radius 2 is 0.418 bits per heavy atom. The Hall–Kier alpha value is -1.94. The highest BCUT2D eigenvalue weighted by molar-refractivity contribution is 7.47. The van der Waals surface area contributed by atoms with Gasteiger partial charge in [-0.05, 0) is 37.5 Å². The maximum Gasteiger partial charge on any atom is 0.472 e. The Kier molecular flexibility index (Phi) is 80.7. The fourth-order valence-electron chi connectivity index (χ4n) is 14.3. The number of phosphoric ester groups is 2. The van der Waals surface area contributed by atoms with Gasteiger partial charge in [-0.2, -0.15) is 0 Å². The summed E-state index contributed by atoms with van der Waals surface area (Å²) in [5.74, 6) is -0.468. The number of unbranched alkanes of at least 4 members (excludes halogenated alkanes) is 60. The molecule has 0 saturated heterocycles. The molecule has 0 bridgehead atoms. The van der Waals surface area contributed by atoms with Gasteiger partial charge in [-0.25, -0.2) is 9.13 Å². The predicted molar refractivity (Wildman–Crippen MR) is 455 cm³/mol. The molecule has 0 aliphatic heterocycles.